The van der Waals surface area contributed by atoms with Gasteiger partial charge in [-0.05, 0) is 0 Å². The summed E-state index contributed by atoms with van der Waals surface area (Å²) in [5.74, 6) is 0.0197. The van der Waals surface area contributed by atoms with Gasteiger partial charge in [-0.3, -0.25) is 0 Å². The Labute approximate surface area is 118 Å². The predicted octanol–water partition coefficient (Wildman–Crippen LogP) is 2.25. The summed E-state index contributed by atoms with van der Waals surface area (Å²) in [5, 5.41) is 19.6. The van der Waals surface area contributed by atoms with E-state index in [-0.39, 0.29) is 20.7 Å². The Kier molecular flexibility index (Phi) is 3.76. The molecule has 0 bridgehead atoms. The molecule has 0 saturated heterocycles. The number of phenolic OH excluding ortho intramolecular Hbond substituents is 1. The average molecular weight is 373 g/mol. The van der Waals surface area contributed by atoms with Crippen molar-refractivity contribution in [3.63, 3.8) is 0 Å². The molecule has 0 unspecified atom stereocenters. The van der Waals surface area contributed by atoms with Crippen LogP contribution < -0.4 is 5.63 Å². The Morgan fingerprint density at radius 1 is 1.56 bits per heavy atom. The zero-order chi connectivity index (χ0) is 13.3. The topological polar surface area (TPSA) is 74.2 Å². The summed E-state index contributed by atoms with van der Waals surface area (Å²) in [6.07, 6.45) is 0. The summed E-state index contributed by atoms with van der Waals surface area (Å²) >= 11 is 3.02. The number of halogens is 1. The predicted molar refractivity (Wildman–Crippen MR) is 71.7 cm³/mol. The Hall–Kier alpha value is -1.28. The number of fused-ring (bicyclic) bond motifs is 1. The number of benzene rings is 1. The second-order valence-electron chi connectivity index (χ2n) is 3.67. The van der Waals surface area contributed by atoms with Gasteiger partial charge < -0.3 is 0 Å². The van der Waals surface area contributed by atoms with Crippen molar-refractivity contribution in [2.75, 3.05) is 0 Å². The Bertz CT molecular complexity index is 718. The first kappa shape index (κ1) is 13.2. The molecule has 2 aromatic rings. The molecule has 4 nitrogen and oxygen atoms in total. The third kappa shape index (κ3) is 2.30. The fourth-order valence-electron chi connectivity index (χ4n) is 1.66. The normalized spacial score (nSPS) is 10.5. The standard InChI is InChI=1S/C12H8BrNO3Se/c1-6-8(4-18-5-14)7-2-9(13)10(15)3-11(7)17-12(6)16/h2-3,15H,4H2,1H3. The Morgan fingerprint density at radius 3 is 2.94 bits per heavy atom. The molecule has 0 aliphatic rings. The molecule has 6 heteroatoms. The molecule has 2 rings (SSSR count). The van der Waals surface area contributed by atoms with E-state index < -0.39 is 5.63 Å². The number of phenols is 1. The van der Waals surface area contributed by atoms with Crippen LogP contribution in [-0.2, 0) is 5.32 Å². The molecule has 1 heterocycles. The van der Waals surface area contributed by atoms with E-state index in [1.165, 1.54) is 6.07 Å². The van der Waals surface area contributed by atoms with Crippen molar-refractivity contribution >= 4 is 41.9 Å². The van der Waals surface area contributed by atoms with Gasteiger partial charge in [0.25, 0.3) is 0 Å². The van der Waals surface area contributed by atoms with Crippen molar-refractivity contribution in [2.24, 2.45) is 0 Å². The van der Waals surface area contributed by atoms with E-state index in [2.05, 4.69) is 20.9 Å². The van der Waals surface area contributed by atoms with Gasteiger partial charge >= 0.3 is 118 Å². The zero-order valence-corrected chi connectivity index (χ0v) is 12.7. The second kappa shape index (κ2) is 5.15. The molecule has 0 atom stereocenters. The minimum absolute atomic E-state index is 0.0197. The minimum atomic E-state index is -0.423. The van der Waals surface area contributed by atoms with Crippen LogP contribution in [0.15, 0.2) is 25.8 Å². The molecule has 0 aliphatic heterocycles. The molecule has 92 valence electrons. The number of aromatic hydroxyl groups is 1. The SMILES string of the molecule is Cc1c(C[Se]C#N)c2cc(Br)c(O)cc2oc1=O. The second-order valence-corrected chi connectivity index (χ2v) is 6.12. The number of hydrogen-bond donors (Lipinski definition) is 1. The number of rotatable bonds is 2. The van der Waals surface area contributed by atoms with Crippen LogP contribution in [-0.4, -0.2) is 20.1 Å². The van der Waals surface area contributed by atoms with Crippen LogP contribution >= 0.6 is 15.9 Å². The monoisotopic (exact) mass is 373 g/mol. The van der Waals surface area contributed by atoms with Crippen LogP contribution in [0.5, 0.6) is 5.75 Å². The summed E-state index contributed by atoms with van der Waals surface area (Å²) in [7, 11) is 0. The van der Waals surface area contributed by atoms with Crippen molar-refractivity contribution in [3.05, 3.63) is 38.2 Å². The fraction of sp³-hybridized carbons (Fsp3) is 0.167. The molecular formula is C12H8BrNO3Se. The first-order valence-electron chi connectivity index (χ1n) is 5.00. The molecule has 0 fully saturated rings. The van der Waals surface area contributed by atoms with Crippen molar-refractivity contribution < 1.29 is 9.52 Å². The van der Waals surface area contributed by atoms with Gasteiger partial charge in [-0.15, -0.1) is 0 Å². The quantitative estimate of drug-likeness (QED) is 0.648. The van der Waals surface area contributed by atoms with Crippen molar-refractivity contribution in [1.29, 1.82) is 5.26 Å². The molecule has 0 aliphatic carbocycles. The summed E-state index contributed by atoms with van der Waals surface area (Å²) in [6, 6.07) is 3.12. The van der Waals surface area contributed by atoms with Gasteiger partial charge in [0.1, 0.15) is 0 Å². The van der Waals surface area contributed by atoms with E-state index in [4.69, 9.17) is 9.68 Å². The van der Waals surface area contributed by atoms with Crippen LogP contribution in [0.3, 0.4) is 0 Å². The van der Waals surface area contributed by atoms with Crippen LogP contribution in [0.1, 0.15) is 11.1 Å². The van der Waals surface area contributed by atoms with Crippen LogP contribution in [0, 0.1) is 17.2 Å². The molecule has 1 aromatic heterocycles. The number of nitrogens with zero attached hydrogens (tertiary/aromatic N) is 1. The Morgan fingerprint density at radius 2 is 2.28 bits per heavy atom. The van der Waals surface area contributed by atoms with Gasteiger partial charge in [0.15, 0.2) is 0 Å². The van der Waals surface area contributed by atoms with E-state index >= 15 is 0 Å². The molecule has 1 N–H and O–H groups in total. The van der Waals surface area contributed by atoms with Crippen molar-refractivity contribution in [1.82, 2.24) is 0 Å². The van der Waals surface area contributed by atoms with Crippen LogP contribution in [0.4, 0.5) is 0 Å². The van der Waals surface area contributed by atoms with E-state index in [0.717, 1.165) is 10.9 Å². The summed E-state index contributed by atoms with van der Waals surface area (Å²) in [6.45, 7) is 1.69. The van der Waals surface area contributed by atoms with Gasteiger partial charge in [-0.1, -0.05) is 0 Å². The first-order valence-corrected chi connectivity index (χ1v) is 7.86. The van der Waals surface area contributed by atoms with E-state index in [9.17, 15) is 9.90 Å². The van der Waals surface area contributed by atoms with E-state index in [0.29, 0.717) is 20.9 Å². The molecule has 0 amide bonds. The number of nitriles is 1. The van der Waals surface area contributed by atoms with Crippen LogP contribution in [0.2, 0.25) is 0 Å². The van der Waals surface area contributed by atoms with Gasteiger partial charge in [-0.25, -0.2) is 0 Å². The molecule has 0 saturated carbocycles. The maximum absolute atomic E-state index is 11.7. The summed E-state index contributed by atoms with van der Waals surface area (Å²) in [4.78, 5) is 13.8. The van der Waals surface area contributed by atoms with Gasteiger partial charge in [0, 0.05) is 0 Å². The molecule has 1 aromatic carbocycles. The maximum atomic E-state index is 11.7. The molecule has 0 spiro atoms. The molecule has 0 radical (unpaired) electrons. The van der Waals surface area contributed by atoms with Gasteiger partial charge in [0.2, 0.25) is 0 Å². The summed E-state index contributed by atoms with van der Waals surface area (Å²) < 4.78 is 5.67. The zero-order valence-electron chi connectivity index (χ0n) is 9.36. The van der Waals surface area contributed by atoms with Crippen molar-refractivity contribution in [2.45, 2.75) is 12.2 Å². The third-order valence-electron chi connectivity index (χ3n) is 2.62. The first-order chi connectivity index (χ1) is 8.54. The molecule has 18 heavy (non-hydrogen) atoms. The third-order valence-corrected chi connectivity index (χ3v) is 4.43. The average Bonchev–Trinajstić information content (AvgIpc) is 2.33. The van der Waals surface area contributed by atoms with Crippen molar-refractivity contribution in [3.8, 4) is 10.7 Å². The van der Waals surface area contributed by atoms with Gasteiger partial charge in [-0.2, -0.15) is 0 Å². The number of hydrogen-bond acceptors (Lipinski definition) is 4. The van der Waals surface area contributed by atoms with Crippen LogP contribution in [0.25, 0.3) is 11.0 Å². The van der Waals surface area contributed by atoms with E-state index in [1.54, 1.807) is 13.0 Å². The summed E-state index contributed by atoms with van der Waals surface area (Å²) in [5.41, 5.74) is 1.27. The fourth-order valence-corrected chi connectivity index (χ4v) is 3.22. The van der Waals surface area contributed by atoms with Gasteiger partial charge in [0.05, 0.1) is 0 Å². The Balaban J connectivity index is 2.80. The van der Waals surface area contributed by atoms with E-state index in [1.807, 2.05) is 0 Å². The molecular weight excluding hydrogens is 365 g/mol.